The van der Waals surface area contributed by atoms with E-state index in [2.05, 4.69) is 10.6 Å². The fraction of sp³-hybridized carbons (Fsp3) is 0.0909. The van der Waals surface area contributed by atoms with Gasteiger partial charge in [-0.15, -0.1) is 0 Å². The number of carbonyl (C=O) groups excluding carboxylic acids is 2. The Morgan fingerprint density at radius 2 is 1.57 bits per heavy atom. The van der Waals surface area contributed by atoms with E-state index in [1.165, 1.54) is 7.11 Å². The molecular formula is C22H18Cl2N2O4. The third-order valence-corrected chi connectivity index (χ3v) is 4.42. The highest BCUT2D eigenvalue weighted by molar-refractivity contribution is 6.35. The van der Waals surface area contributed by atoms with Crippen LogP contribution in [0.25, 0.3) is 0 Å². The summed E-state index contributed by atoms with van der Waals surface area (Å²) in [6, 6.07) is 18.3. The number of methoxy groups -OCH3 is 1. The van der Waals surface area contributed by atoms with Crippen molar-refractivity contribution in [2.24, 2.45) is 0 Å². The van der Waals surface area contributed by atoms with Gasteiger partial charge < -0.3 is 20.1 Å². The second kappa shape index (κ2) is 10.0. The summed E-state index contributed by atoms with van der Waals surface area (Å²) in [5.74, 6) is 0.355. The van der Waals surface area contributed by atoms with Gasteiger partial charge in [0.05, 0.1) is 12.8 Å². The summed E-state index contributed by atoms with van der Waals surface area (Å²) in [4.78, 5) is 24.5. The first-order valence-electron chi connectivity index (χ1n) is 8.88. The number of hydrogen-bond donors (Lipinski definition) is 2. The van der Waals surface area contributed by atoms with Gasteiger partial charge in [-0.2, -0.15) is 0 Å². The molecule has 0 fully saturated rings. The standard InChI is InChI=1S/C22H18Cl2N2O4/c1-29-20-5-3-2-4-19(20)26-22(28)14-6-8-18(9-7-14)30-13-21(27)25-17-11-15(23)10-16(24)12-17/h2-12H,13H2,1H3,(H,25,27)(H,26,28). The zero-order chi connectivity index (χ0) is 21.5. The van der Waals surface area contributed by atoms with Crippen molar-refractivity contribution >= 4 is 46.4 Å². The number of halogens is 2. The first kappa shape index (κ1) is 21.5. The first-order valence-corrected chi connectivity index (χ1v) is 9.63. The van der Waals surface area contributed by atoms with Gasteiger partial charge in [-0.1, -0.05) is 35.3 Å². The number of para-hydroxylation sites is 2. The van der Waals surface area contributed by atoms with Crippen LogP contribution in [0.2, 0.25) is 10.0 Å². The number of carbonyl (C=O) groups is 2. The molecular weight excluding hydrogens is 427 g/mol. The second-order valence-corrected chi connectivity index (χ2v) is 7.05. The zero-order valence-corrected chi connectivity index (χ0v) is 17.5. The number of anilines is 2. The maximum atomic E-state index is 12.4. The molecule has 6 nitrogen and oxygen atoms in total. The molecule has 0 unspecified atom stereocenters. The Balaban J connectivity index is 1.55. The summed E-state index contributed by atoms with van der Waals surface area (Å²) in [6.07, 6.45) is 0. The van der Waals surface area contributed by atoms with Gasteiger partial charge in [0.2, 0.25) is 0 Å². The summed E-state index contributed by atoms with van der Waals surface area (Å²) in [5, 5.41) is 6.28. The fourth-order valence-electron chi connectivity index (χ4n) is 2.62. The molecule has 0 aliphatic rings. The number of rotatable bonds is 7. The normalized spacial score (nSPS) is 10.2. The molecule has 0 radical (unpaired) electrons. The van der Waals surface area contributed by atoms with E-state index in [0.29, 0.717) is 38.5 Å². The molecule has 2 amide bonds. The van der Waals surface area contributed by atoms with Crippen LogP contribution in [0, 0.1) is 0 Å². The first-order chi connectivity index (χ1) is 14.4. The summed E-state index contributed by atoms with van der Waals surface area (Å²) in [6.45, 7) is -0.211. The molecule has 0 aromatic heterocycles. The number of benzene rings is 3. The van der Waals surface area contributed by atoms with Crippen LogP contribution in [0.4, 0.5) is 11.4 Å². The molecule has 30 heavy (non-hydrogen) atoms. The van der Waals surface area contributed by atoms with Gasteiger partial charge in [0.25, 0.3) is 11.8 Å². The molecule has 3 rings (SSSR count). The van der Waals surface area contributed by atoms with Crippen molar-refractivity contribution in [3.63, 3.8) is 0 Å². The highest BCUT2D eigenvalue weighted by Crippen LogP contribution is 2.24. The largest absolute Gasteiger partial charge is 0.495 e. The topological polar surface area (TPSA) is 76.7 Å². The average molecular weight is 445 g/mol. The minimum absolute atomic E-state index is 0.211. The van der Waals surface area contributed by atoms with E-state index >= 15 is 0 Å². The maximum Gasteiger partial charge on any atom is 0.262 e. The van der Waals surface area contributed by atoms with Crippen LogP contribution < -0.4 is 20.1 Å². The van der Waals surface area contributed by atoms with Crippen LogP contribution in [0.5, 0.6) is 11.5 Å². The van der Waals surface area contributed by atoms with Gasteiger partial charge in [0, 0.05) is 21.3 Å². The SMILES string of the molecule is COc1ccccc1NC(=O)c1ccc(OCC(=O)Nc2cc(Cl)cc(Cl)c2)cc1. The molecule has 154 valence electrons. The van der Waals surface area contributed by atoms with Crippen molar-refractivity contribution in [3.8, 4) is 11.5 Å². The Bertz CT molecular complexity index is 1040. The molecule has 3 aromatic rings. The quantitative estimate of drug-likeness (QED) is 0.520. The van der Waals surface area contributed by atoms with E-state index in [9.17, 15) is 9.59 Å². The molecule has 0 bridgehead atoms. The Morgan fingerprint density at radius 3 is 2.23 bits per heavy atom. The third kappa shape index (κ3) is 5.89. The van der Waals surface area contributed by atoms with Gasteiger partial charge in [-0.05, 0) is 54.6 Å². The van der Waals surface area contributed by atoms with Crippen molar-refractivity contribution in [2.75, 3.05) is 24.4 Å². The van der Waals surface area contributed by atoms with E-state index in [-0.39, 0.29) is 18.4 Å². The van der Waals surface area contributed by atoms with Crippen LogP contribution in [0.3, 0.4) is 0 Å². The highest BCUT2D eigenvalue weighted by atomic mass is 35.5. The molecule has 8 heteroatoms. The zero-order valence-electron chi connectivity index (χ0n) is 15.9. The monoisotopic (exact) mass is 444 g/mol. The molecule has 0 aliphatic heterocycles. The van der Waals surface area contributed by atoms with E-state index in [0.717, 1.165) is 0 Å². The van der Waals surface area contributed by atoms with Crippen molar-refractivity contribution < 1.29 is 19.1 Å². The third-order valence-electron chi connectivity index (χ3n) is 3.99. The molecule has 0 heterocycles. The Kier molecular flexibility index (Phi) is 7.17. The van der Waals surface area contributed by atoms with Crippen molar-refractivity contribution in [1.82, 2.24) is 0 Å². The summed E-state index contributed by atoms with van der Waals surface area (Å²) in [5.41, 5.74) is 1.49. The smallest absolute Gasteiger partial charge is 0.262 e. The van der Waals surface area contributed by atoms with Crippen LogP contribution >= 0.6 is 23.2 Å². The minimum atomic E-state index is -0.369. The minimum Gasteiger partial charge on any atom is -0.495 e. The molecule has 0 spiro atoms. The Hall–Kier alpha value is -3.22. The number of amides is 2. The van der Waals surface area contributed by atoms with Crippen LogP contribution in [0.1, 0.15) is 10.4 Å². The summed E-state index contributed by atoms with van der Waals surface area (Å²) in [7, 11) is 1.54. The molecule has 0 aliphatic carbocycles. The number of ether oxygens (including phenoxy) is 2. The number of hydrogen-bond acceptors (Lipinski definition) is 4. The summed E-state index contributed by atoms with van der Waals surface area (Å²) < 4.78 is 10.7. The lowest BCUT2D eigenvalue weighted by Gasteiger charge is -2.11. The van der Waals surface area contributed by atoms with E-state index in [1.807, 2.05) is 6.07 Å². The van der Waals surface area contributed by atoms with Crippen LogP contribution in [0.15, 0.2) is 66.7 Å². The van der Waals surface area contributed by atoms with Gasteiger partial charge in [-0.3, -0.25) is 9.59 Å². The molecule has 2 N–H and O–H groups in total. The maximum absolute atomic E-state index is 12.4. The Morgan fingerprint density at radius 1 is 0.900 bits per heavy atom. The molecule has 0 atom stereocenters. The van der Waals surface area contributed by atoms with Crippen molar-refractivity contribution in [3.05, 3.63) is 82.3 Å². The highest BCUT2D eigenvalue weighted by Gasteiger charge is 2.10. The molecule has 3 aromatic carbocycles. The van der Waals surface area contributed by atoms with Crippen molar-refractivity contribution in [2.45, 2.75) is 0 Å². The van der Waals surface area contributed by atoms with Gasteiger partial charge in [0.15, 0.2) is 6.61 Å². The fourth-order valence-corrected chi connectivity index (χ4v) is 3.14. The predicted octanol–water partition coefficient (Wildman–Crippen LogP) is 5.27. The van der Waals surface area contributed by atoms with E-state index < -0.39 is 0 Å². The van der Waals surface area contributed by atoms with Crippen LogP contribution in [-0.4, -0.2) is 25.5 Å². The molecule has 0 saturated carbocycles. The summed E-state index contributed by atoms with van der Waals surface area (Å²) >= 11 is 11.8. The van der Waals surface area contributed by atoms with E-state index in [4.69, 9.17) is 32.7 Å². The lowest BCUT2D eigenvalue weighted by Crippen LogP contribution is -2.20. The average Bonchev–Trinajstić information content (AvgIpc) is 2.72. The lowest BCUT2D eigenvalue weighted by atomic mass is 10.2. The van der Waals surface area contributed by atoms with Gasteiger partial charge >= 0.3 is 0 Å². The second-order valence-electron chi connectivity index (χ2n) is 6.17. The van der Waals surface area contributed by atoms with Gasteiger partial charge in [-0.25, -0.2) is 0 Å². The Labute approximate surface area is 183 Å². The number of nitrogens with one attached hydrogen (secondary N) is 2. The van der Waals surface area contributed by atoms with Crippen LogP contribution in [-0.2, 0) is 4.79 Å². The molecule has 0 saturated heterocycles. The predicted molar refractivity (Wildman–Crippen MR) is 118 cm³/mol. The van der Waals surface area contributed by atoms with E-state index in [1.54, 1.807) is 60.7 Å². The van der Waals surface area contributed by atoms with Gasteiger partial charge in [0.1, 0.15) is 11.5 Å². The van der Waals surface area contributed by atoms with Crippen molar-refractivity contribution in [1.29, 1.82) is 0 Å². The lowest BCUT2D eigenvalue weighted by molar-refractivity contribution is -0.118.